The molecule has 1 saturated heterocycles. The molecule has 0 unspecified atom stereocenters. The van der Waals surface area contributed by atoms with Gasteiger partial charge in [-0.1, -0.05) is 0 Å². The van der Waals surface area contributed by atoms with Gasteiger partial charge in [0.15, 0.2) is 5.96 Å². The van der Waals surface area contributed by atoms with Crippen LogP contribution in [0, 0.1) is 11.8 Å². The lowest BCUT2D eigenvalue weighted by Gasteiger charge is -2.31. The molecule has 1 saturated carbocycles. The minimum atomic E-state index is -4.04. The van der Waals surface area contributed by atoms with E-state index >= 15 is 0 Å². The van der Waals surface area contributed by atoms with Crippen LogP contribution in [0.25, 0.3) is 0 Å². The maximum Gasteiger partial charge on any atom is 0.391 e. The molecule has 0 aromatic heterocycles. The Morgan fingerprint density at radius 3 is 2.25 bits per heavy atom. The van der Waals surface area contributed by atoms with Crippen molar-refractivity contribution in [2.24, 2.45) is 16.8 Å². The number of hydrogen-bond acceptors (Lipinski definition) is 2. The second-order valence-electron chi connectivity index (χ2n) is 6.51. The van der Waals surface area contributed by atoms with Crippen molar-refractivity contribution < 1.29 is 13.2 Å². The predicted molar refractivity (Wildman–Crippen MR) is 106 cm³/mol. The molecule has 0 radical (unpaired) electrons. The average Bonchev–Trinajstić information content (AvgIpc) is 2.53. The zero-order chi connectivity index (χ0) is 16.7. The van der Waals surface area contributed by atoms with E-state index in [9.17, 15) is 13.2 Å². The molecule has 8 heteroatoms. The quantitative estimate of drug-likeness (QED) is 0.356. The Balaban J connectivity index is 0.00000288. The van der Waals surface area contributed by atoms with E-state index in [0.29, 0.717) is 18.8 Å². The maximum atomic E-state index is 12.7. The van der Waals surface area contributed by atoms with Crippen LogP contribution in [-0.4, -0.2) is 42.8 Å². The monoisotopic (exact) mass is 479 g/mol. The van der Waals surface area contributed by atoms with Gasteiger partial charge in [-0.2, -0.15) is 24.9 Å². The molecule has 0 atom stereocenters. The smallest absolute Gasteiger partial charge is 0.357 e. The first-order valence-electron chi connectivity index (χ1n) is 8.68. The van der Waals surface area contributed by atoms with Crippen LogP contribution in [0.5, 0.6) is 0 Å². The van der Waals surface area contributed by atoms with Gasteiger partial charge in [0.1, 0.15) is 0 Å². The van der Waals surface area contributed by atoms with Gasteiger partial charge in [-0.25, -0.2) is 0 Å². The lowest BCUT2D eigenvalue weighted by atomic mass is 9.85. The summed E-state index contributed by atoms with van der Waals surface area (Å²) in [6.45, 7) is 3.59. The van der Waals surface area contributed by atoms with Crippen LogP contribution in [0.15, 0.2) is 4.99 Å². The maximum absolute atomic E-state index is 12.7. The van der Waals surface area contributed by atoms with Gasteiger partial charge >= 0.3 is 6.18 Å². The number of halogens is 4. The van der Waals surface area contributed by atoms with Crippen LogP contribution in [0.3, 0.4) is 0 Å². The molecular weight excluding hydrogens is 450 g/mol. The highest BCUT2D eigenvalue weighted by molar-refractivity contribution is 14.0. The van der Waals surface area contributed by atoms with Gasteiger partial charge in [-0.05, 0) is 62.9 Å². The van der Waals surface area contributed by atoms with E-state index in [4.69, 9.17) is 0 Å². The summed E-state index contributed by atoms with van der Waals surface area (Å²) in [5, 5.41) is 6.56. The Hall–Kier alpha value is 0.140. The lowest BCUT2D eigenvalue weighted by molar-refractivity contribution is -0.182. The average molecular weight is 479 g/mol. The van der Waals surface area contributed by atoms with Gasteiger partial charge in [0.05, 0.1) is 5.92 Å². The van der Waals surface area contributed by atoms with Crippen LogP contribution >= 0.6 is 35.7 Å². The second-order valence-corrected chi connectivity index (χ2v) is 7.73. The van der Waals surface area contributed by atoms with Gasteiger partial charge in [0.2, 0.25) is 0 Å². The molecule has 24 heavy (non-hydrogen) atoms. The number of nitrogens with one attached hydrogen (secondary N) is 2. The Bertz CT molecular complexity index is 379. The molecule has 1 aliphatic carbocycles. The Morgan fingerprint density at radius 1 is 1.08 bits per heavy atom. The van der Waals surface area contributed by atoms with Crippen molar-refractivity contribution in [2.45, 2.75) is 57.7 Å². The van der Waals surface area contributed by atoms with Crippen LogP contribution in [-0.2, 0) is 0 Å². The molecule has 1 heterocycles. The molecule has 2 rings (SSSR count). The Labute approximate surface area is 164 Å². The molecule has 0 aromatic rings. The van der Waals surface area contributed by atoms with Gasteiger partial charge < -0.3 is 10.6 Å². The fourth-order valence-electron chi connectivity index (χ4n) is 3.23. The summed E-state index contributed by atoms with van der Waals surface area (Å²) in [4.78, 5) is 4.66. The molecule has 0 spiro atoms. The molecule has 2 fully saturated rings. The Morgan fingerprint density at radius 2 is 1.71 bits per heavy atom. The van der Waals surface area contributed by atoms with E-state index in [-0.39, 0.29) is 42.9 Å². The third-order valence-electron chi connectivity index (χ3n) is 4.72. The summed E-state index contributed by atoms with van der Waals surface area (Å²) in [5.41, 5.74) is 0. The number of guanidine groups is 1. The SMILES string of the molecule is CCNC(=NCC1CCSCC1)NC1CCC(C(F)(F)F)CC1.I. The summed E-state index contributed by atoms with van der Waals surface area (Å²) < 4.78 is 38.2. The van der Waals surface area contributed by atoms with Crippen LogP contribution in [0.1, 0.15) is 45.4 Å². The summed E-state index contributed by atoms with van der Waals surface area (Å²) in [6, 6.07) is 0.105. The minimum absolute atomic E-state index is 0. The van der Waals surface area contributed by atoms with E-state index in [0.717, 1.165) is 19.0 Å². The number of thioether (sulfide) groups is 1. The van der Waals surface area contributed by atoms with Crippen molar-refractivity contribution >= 4 is 41.7 Å². The molecular formula is C16H29F3IN3S. The number of hydrogen-bond donors (Lipinski definition) is 2. The molecule has 142 valence electrons. The van der Waals surface area contributed by atoms with Crippen molar-refractivity contribution in [3.63, 3.8) is 0 Å². The van der Waals surface area contributed by atoms with E-state index < -0.39 is 12.1 Å². The molecule has 1 aliphatic heterocycles. The van der Waals surface area contributed by atoms with E-state index in [1.165, 1.54) is 24.3 Å². The highest BCUT2D eigenvalue weighted by Crippen LogP contribution is 2.37. The molecule has 2 N–H and O–H groups in total. The molecule has 0 aromatic carbocycles. The summed E-state index contributed by atoms with van der Waals surface area (Å²) in [5.74, 6) is 2.71. The number of rotatable bonds is 4. The minimum Gasteiger partial charge on any atom is -0.357 e. The van der Waals surface area contributed by atoms with Gasteiger partial charge in [0.25, 0.3) is 0 Å². The van der Waals surface area contributed by atoms with Crippen molar-refractivity contribution in [3.8, 4) is 0 Å². The summed E-state index contributed by atoms with van der Waals surface area (Å²) in [7, 11) is 0. The van der Waals surface area contributed by atoms with Crippen LogP contribution in [0.4, 0.5) is 13.2 Å². The Kier molecular flexibility index (Phi) is 10.1. The first-order valence-corrected chi connectivity index (χ1v) is 9.83. The van der Waals surface area contributed by atoms with Crippen LogP contribution in [0.2, 0.25) is 0 Å². The number of nitrogens with zero attached hydrogens (tertiary/aromatic N) is 1. The molecule has 0 bridgehead atoms. The van der Waals surface area contributed by atoms with Crippen molar-refractivity contribution in [1.82, 2.24) is 10.6 Å². The van der Waals surface area contributed by atoms with E-state index in [1.54, 1.807) is 0 Å². The zero-order valence-corrected chi connectivity index (χ0v) is 17.3. The second kappa shape index (κ2) is 11.0. The third kappa shape index (κ3) is 7.58. The number of aliphatic imine (C=N–C) groups is 1. The van der Waals surface area contributed by atoms with Crippen LogP contribution < -0.4 is 10.6 Å². The molecule has 3 nitrogen and oxygen atoms in total. The van der Waals surface area contributed by atoms with E-state index in [2.05, 4.69) is 15.6 Å². The fraction of sp³-hybridized carbons (Fsp3) is 0.938. The zero-order valence-electron chi connectivity index (χ0n) is 14.2. The van der Waals surface area contributed by atoms with E-state index in [1.807, 2.05) is 18.7 Å². The van der Waals surface area contributed by atoms with Crippen molar-refractivity contribution in [1.29, 1.82) is 0 Å². The standard InChI is InChI=1S/C16H28F3N3S.HI/c1-2-20-15(21-11-12-7-9-23-10-8-12)22-14-5-3-13(4-6-14)16(17,18)19;/h12-14H,2-11H2,1H3,(H2,20,21,22);1H. The summed E-state index contributed by atoms with van der Waals surface area (Å²) >= 11 is 2.00. The largest absolute Gasteiger partial charge is 0.391 e. The molecule has 2 aliphatic rings. The normalized spacial score (nSPS) is 26.6. The van der Waals surface area contributed by atoms with Gasteiger partial charge in [-0.3, -0.25) is 4.99 Å². The van der Waals surface area contributed by atoms with Gasteiger partial charge in [-0.15, -0.1) is 24.0 Å². The summed E-state index contributed by atoms with van der Waals surface area (Å²) in [6.07, 6.45) is -0.0404. The topological polar surface area (TPSA) is 36.4 Å². The fourth-order valence-corrected chi connectivity index (χ4v) is 4.43. The van der Waals surface area contributed by atoms with Crippen molar-refractivity contribution in [3.05, 3.63) is 0 Å². The molecule has 0 amide bonds. The first-order chi connectivity index (χ1) is 11.0. The third-order valence-corrected chi connectivity index (χ3v) is 5.77. The highest BCUT2D eigenvalue weighted by Gasteiger charge is 2.41. The predicted octanol–water partition coefficient (Wildman–Crippen LogP) is 4.42. The first kappa shape index (κ1) is 22.2. The van der Waals surface area contributed by atoms with Gasteiger partial charge in [0, 0.05) is 19.1 Å². The van der Waals surface area contributed by atoms with Crippen molar-refractivity contribution in [2.75, 3.05) is 24.6 Å². The lowest BCUT2D eigenvalue weighted by Crippen LogP contribution is -2.46. The highest BCUT2D eigenvalue weighted by atomic mass is 127. The number of alkyl halides is 3.